The van der Waals surface area contributed by atoms with Crippen molar-refractivity contribution in [2.75, 3.05) is 26.9 Å². The summed E-state index contributed by atoms with van der Waals surface area (Å²) in [4.78, 5) is 0. The zero-order valence-corrected chi connectivity index (χ0v) is 14.1. The van der Waals surface area contributed by atoms with Gasteiger partial charge in [-0.3, -0.25) is 0 Å². The van der Waals surface area contributed by atoms with Crippen LogP contribution >= 0.6 is 15.9 Å². The minimum Gasteiger partial charge on any atom is -0.490 e. The van der Waals surface area contributed by atoms with E-state index in [4.69, 9.17) is 19.9 Å². The first-order valence-corrected chi connectivity index (χ1v) is 8.28. The molecule has 0 amide bonds. The second kappa shape index (κ2) is 8.73. The van der Waals surface area contributed by atoms with Gasteiger partial charge in [-0.05, 0) is 59.3 Å². The molecular weight excluding hydrogens is 334 g/mol. The molecule has 2 atom stereocenters. The highest BCUT2D eigenvalue weighted by Gasteiger charge is 2.17. The van der Waals surface area contributed by atoms with Gasteiger partial charge in [-0.1, -0.05) is 6.07 Å². The maximum Gasteiger partial charge on any atom is 0.133 e. The van der Waals surface area contributed by atoms with Crippen LogP contribution in [0.4, 0.5) is 0 Å². The van der Waals surface area contributed by atoms with Crippen LogP contribution in [0.2, 0.25) is 0 Å². The largest absolute Gasteiger partial charge is 0.490 e. The molecule has 1 aliphatic heterocycles. The van der Waals surface area contributed by atoms with Crippen molar-refractivity contribution in [1.82, 2.24) is 0 Å². The van der Waals surface area contributed by atoms with E-state index in [2.05, 4.69) is 15.9 Å². The predicted molar refractivity (Wildman–Crippen MR) is 86.6 cm³/mol. The molecule has 0 bridgehead atoms. The number of hydrogen-bond acceptors (Lipinski definition) is 4. The maximum absolute atomic E-state index is 6.28. The number of ether oxygens (including phenoxy) is 3. The molecule has 118 valence electrons. The lowest BCUT2D eigenvalue weighted by molar-refractivity contribution is 0.101. The van der Waals surface area contributed by atoms with Gasteiger partial charge in [-0.15, -0.1) is 0 Å². The molecule has 0 spiro atoms. The zero-order valence-electron chi connectivity index (χ0n) is 12.5. The quantitative estimate of drug-likeness (QED) is 0.724. The summed E-state index contributed by atoms with van der Waals surface area (Å²) < 4.78 is 17.2. The van der Waals surface area contributed by atoms with E-state index in [-0.39, 0.29) is 6.04 Å². The van der Waals surface area contributed by atoms with Crippen molar-refractivity contribution < 1.29 is 14.2 Å². The Balaban J connectivity index is 1.85. The SMILES string of the molecule is COCCOc1ccc(C(N)CCC2CCCO2)cc1Br. The highest BCUT2D eigenvalue weighted by atomic mass is 79.9. The van der Waals surface area contributed by atoms with Crippen LogP contribution < -0.4 is 10.5 Å². The Morgan fingerprint density at radius 2 is 2.29 bits per heavy atom. The van der Waals surface area contributed by atoms with Crippen LogP contribution in [0.25, 0.3) is 0 Å². The van der Waals surface area contributed by atoms with Gasteiger partial charge >= 0.3 is 0 Å². The molecule has 1 aliphatic rings. The van der Waals surface area contributed by atoms with E-state index >= 15 is 0 Å². The molecule has 21 heavy (non-hydrogen) atoms. The molecule has 5 heteroatoms. The molecule has 0 aromatic heterocycles. The van der Waals surface area contributed by atoms with Gasteiger partial charge in [0, 0.05) is 19.8 Å². The molecular formula is C16H24BrNO3. The fraction of sp³-hybridized carbons (Fsp3) is 0.625. The number of methoxy groups -OCH3 is 1. The maximum atomic E-state index is 6.28. The van der Waals surface area contributed by atoms with E-state index < -0.39 is 0 Å². The molecule has 2 rings (SSSR count). The van der Waals surface area contributed by atoms with E-state index in [0.717, 1.165) is 35.2 Å². The van der Waals surface area contributed by atoms with Crippen molar-refractivity contribution in [1.29, 1.82) is 0 Å². The Morgan fingerprint density at radius 3 is 2.95 bits per heavy atom. The summed E-state index contributed by atoms with van der Waals surface area (Å²) in [5.74, 6) is 0.821. The van der Waals surface area contributed by atoms with Crippen LogP contribution in [0.5, 0.6) is 5.75 Å². The Bertz CT molecular complexity index is 436. The van der Waals surface area contributed by atoms with Crippen molar-refractivity contribution in [3.8, 4) is 5.75 Å². The van der Waals surface area contributed by atoms with Crippen LogP contribution in [0.3, 0.4) is 0 Å². The van der Waals surface area contributed by atoms with E-state index in [1.807, 2.05) is 18.2 Å². The number of benzene rings is 1. The number of halogens is 1. The van der Waals surface area contributed by atoms with Gasteiger partial charge in [-0.2, -0.15) is 0 Å². The minimum atomic E-state index is 0.0403. The van der Waals surface area contributed by atoms with Gasteiger partial charge in [0.25, 0.3) is 0 Å². The summed E-state index contributed by atoms with van der Waals surface area (Å²) in [6.07, 6.45) is 4.73. The van der Waals surface area contributed by atoms with Crippen molar-refractivity contribution in [3.63, 3.8) is 0 Å². The summed E-state index contributed by atoms with van der Waals surface area (Å²) in [6, 6.07) is 6.08. The second-order valence-electron chi connectivity index (χ2n) is 5.35. The Labute approximate surface area is 135 Å². The van der Waals surface area contributed by atoms with E-state index in [9.17, 15) is 0 Å². The van der Waals surface area contributed by atoms with Gasteiger partial charge < -0.3 is 19.9 Å². The Morgan fingerprint density at radius 1 is 1.43 bits per heavy atom. The molecule has 1 heterocycles. The molecule has 4 nitrogen and oxygen atoms in total. The van der Waals surface area contributed by atoms with Crippen molar-refractivity contribution in [3.05, 3.63) is 28.2 Å². The highest BCUT2D eigenvalue weighted by molar-refractivity contribution is 9.10. The lowest BCUT2D eigenvalue weighted by atomic mass is 10.00. The highest BCUT2D eigenvalue weighted by Crippen LogP contribution is 2.30. The lowest BCUT2D eigenvalue weighted by Gasteiger charge is -2.16. The molecule has 0 radical (unpaired) electrons. The van der Waals surface area contributed by atoms with E-state index in [1.165, 1.54) is 12.8 Å². The van der Waals surface area contributed by atoms with E-state index in [0.29, 0.717) is 19.3 Å². The summed E-state index contributed by atoms with van der Waals surface area (Å²) in [6.45, 7) is 2.02. The molecule has 1 aromatic carbocycles. The topological polar surface area (TPSA) is 53.7 Å². The number of nitrogens with two attached hydrogens (primary N) is 1. The number of rotatable bonds is 8. The monoisotopic (exact) mass is 357 g/mol. The first kappa shape index (κ1) is 16.7. The first-order chi connectivity index (χ1) is 10.2. The normalized spacial score (nSPS) is 19.7. The van der Waals surface area contributed by atoms with Gasteiger partial charge in [0.1, 0.15) is 12.4 Å². The fourth-order valence-electron chi connectivity index (χ4n) is 2.50. The van der Waals surface area contributed by atoms with Gasteiger partial charge in [0.15, 0.2) is 0 Å². The zero-order chi connectivity index (χ0) is 15.1. The van der Waals surface area contributed by atoms with Gasteiger partial charge in [-0.25, -0.2) is 0 Å². The van der Waals surface area contributed by atoms with E-state index in [1.54, 1.807) is 7.11 Å². The van der Waals surface area contributed by atoms with Crippen molar-refractivity contribution >= 4 is 15.9 Å². The van der Waals surface area contributed by atoms with Crippen LogP contribution in [0.15, 0.2) is 22.7 Å². The van der Waals surface area contributed by atoms with Gasteiger partial charge in [0.2, 0.25) is 0 Å². The molecule has 0 aliphatic carbocycles. The first-order valence-electron chi connectivity index (χ1n) is 7.49. The van der Waals surface area contributed by atoms with Crippen LogP contribution in [0, 0.1) is 0 Å². The lowest BCUT2D eigenvalue weighted by Crippen LogP contribution is -2.14. The summed E-state index contributed by atoms with van der Waals surface area (Å²) >= 11 is 3.54. The molecule has 1 saturated heterocycles. The average molecular weight is 358 g/mol. The molecule has 2 N–H and O–H groups in total. The summed E-state index contributed by atoms with van der Waals surface area (Å²) in [5, 5.41) is 0. The third kappa shape index (κ3) is 5.25. The Hall–Kier alpha value is -0.620. The molecule has 1 fully saturated rings. The standard InChI is InChI=1S/C16H24BrNO3/c1-19-9-10-21-16-7-4-12(11-14(16)17)15(18)6-5-13-3-2-8-20-13/h4,7,11,13,15H,2-3,5-6,8-10,18H2,1H3. The van der Waals surface area contributed by atoms with Gasteiger partial charge in [0.05, 0.1) is 17.2 Å². The van der Waals surface area contributed by atoms with Crippen LogP contribution in [-0.4, -0.2) is 33.0 Å². The summed E-state index contributed by atoms with van der Waals surface area (Å²) in [7, 11) is 1.66. The average Bonchev–Trinajstić information content (AvgIpc) is 3.00. The van der Waals surface area contributed by atoms with Crippen LogP contribution in [0.1, 0.15) is 37.3 Å². The number of hydrogen-bond donors (Lipinski definition) is 1. The third-order valence-electron chi connectivity index (χ3n) is 3.75. The minimum absolute atomic E-state index is 0.0403. The van der Waals surface area contributed by atoms with Crippen molar-refractivity contribution in [2.24, 2.45) is 5.73 Å². The van der Waals surface area contributed by atoms with Crippen LogP contribution in [-0.2, 0) is 9.47 Å². The smallest absolute Gasteiger partial charge is 0.133 e. The second-order valence-corrected chi connectivity index (χ2v) is 6.20. The molecule has 0 saturated carbocycles. The fourth-order valence-corrected chi connectivity index (χ4v) is 3.01. The Kier molecular flexibility index (Phi) is 6.96. The molecule has 1 aromatic rings. The third-order valence-corrected chi connectivity index (χ3v) is 4.37. The summed E-state index contributed by atoms with van der Waals surface area (Å²) in [5.41, 5.74) is 7.40. The van der Waals surface area contributed by atoms with Crippen molar-refractivity contribution in [2.45, 2.75) is 37.8 Å². The molecule has 2 unspecified atom stereocenters. The predicted octanol–water partition coefficient (Wildman–Crippen LogP) is 3.43.